The van der Waals surface area contributed by atoms with Gasteiger partial charge in [-0.1, -0.05) is 23.7 Å². The van der Waals surface area contributed by atoms with Crippen LogP contribution in [0.4, 0.5) is 5.69 Å². The average molecular weight is 402 g/mol. The molecule has 0 bridgehead atoms. The largest absolute Gasteiger partial charge is 0.478 e. The number of amides is 1. The Morgan fingerprint density at radius 3 is 2.45 bits per heavy atom. The molecule has 20 heavy (non-hydrogen) atoms. The first-order valence-electron chi connectivity index (χ1n) is 5.58. The molecule has 102 valence electrons. The van der Waals surface area contributed by atoms with Crippen molar-refractivity contribution in [3.05, 3.63) is 62.2 Å². The molecule has 2 N–H and O–H groups in total. The Kier molecular flexibility index (Phi) is 4.61. The van der Waals surface area contributed by atoms with Gasteiger partial charge in [0.1, 0.15) is 0 Å². The number of benzene rings is 2. The number of carbonyl (C=O) groups is 2. The Labute approximate surface area is 133 Å². The first kappa shape index (κ1) is 14.8. The van der Waals surface area contributed by atoms with Gasteiger partial charge in [0.2, 0.25) is 0 Å². The fourth-order valence-corrected chi connectivity index (χ4v) is 2.40. The average Bonchev–Trinajstić information content (AvgIpc) is 2.41. The molecule has 2 aromatic rings. The molecule has 0 aliphatic rings. The number of carboxylic acids is 1. The Morgan fingerprint density at radius 1 is 1.10 bits per heavy atom. The Hall–Kier alpha value is -1.60. The highest BCUT2D eigenvalue weighted by Crippen LogP contribution is 2.20. The summed E-state index contributed by atoms with van der Waals surface area (Å²) < 4.78 is 0.603. The van der Waals surface area contributed by atoms with E-state index in [0.717, 1.165) is 0 Å². The maximum Gasteiger partial charge on any atom is 0.336 e. The number of anilines is 1. The van der Waals surface area contributed by atoms with E-state index in [4.69, 9.17) is 16.7 Å². The second-order valence-electron chi connectivity index (χ2n) is 3.93. The highest BCUT2D eigenvalue weighted by molar-refractivity contribution is 14.1. The van der Waals surface area contributed by atoms with Gasteiger partial charge in [0.25, 0.3) is 5.91 Å². The fraction of sp³-hybridized carbons (Fsp3) is 0. The summed E-state index contributed by atoms with van der Waals surface area (Å²) >= 11 is 7.86. The number of halogens is 2. The summed E-state index contributed by atoms with van der Waals surface area (Å²) in [6.45, 7) is 0. The topological polar surface area (TPSA) is 66.4 Å². The molecule has 0 saturated heterocycles. The minimum absolute atomic E-state index is 0.141. The third-order valence-corrected chi connectivity index (χ3v) is 3.84. The van der Waals surface area contributed by atoms with Gasteiger partial charge in [0, 0.05) is 9.26 Å². The van der Waals surface area contributed by atoms with E-state index in [0.29, 0.717) is 19.8 Å². The summed E-state index contributed by atoms with van der Waals surface area (Å²) in [6, 6.07) is 11.3. The van der Waals surface area contributed by atoms with Crippen LogP contribution in [0.2, 0.25) is 5.02 Å². The van der Waals surface area contributed by atoms with Crippen molar-refractivity contribution in [3.63, 3.8) is 0 Å². The molecular weight excluding hydrogens is 393 g/mol. The van der Waals surface area contributed by atoms with Gasteiger partial charge in [0.15, 0.2) is 0 Å². The molecular formula is C14H9ClINO3. The molecule has 0 atom stereocenters. The highest BCUT2D eigenvalue weighted by atomic mass is 127. The molecule has 2 aromatic carbocycles. The van der Waals surface area contributed by atoms with E-state index in [1.807, 2.05) is 22.6 Å². The smallest absolute Gasteiger partial charge is 0.336 e. The fourth-order valence-electron chi connectivity index (χ4n) is 1.61. The zero-order valence-corrected chi connectivity index (χ0v) is 13.0. The Balaban J connectivity index is 2.27. The van der Waals surface area contributed by atoms with Gasteiger partial charge in [-0.3, -0.25) is 4.79 Å². The molecule has 0 aromatic heterocycles. The molecule has 0 spiro atoms. The maximum absolute atomic E-state index is 12.1. The normalized spacial score (nSPS) is 10.1. The van der Waals surface area contributed by atoms with E-state index in [1.54, 1.807) is 36.4 Å². The van der Waals surface area contributed by atoms with Gasteiger partial charge in [-0.05, 0) is 52.9 Å². The van der Waals surface area contributed by atoms with Crippen LogP contribution >= 0.6 is 34.2 Å². The van der Waals surface area contributed by atoms with Crippen molar-refractivity contribution in [1.29, 1.82) is 0 Å². The van der Waals surface area contributed by atoms with E-state index >= 15 is 0 Å². The lowest BCUT2D eigenvalue weighted by Gasteiger charge is -2.08. The number of hydrogen-bond donors (Lipinski definition) is 2. The lowest BCUT2D eigenvalue weighted by Crippen LogP contribution is -2.13. The number of hydrogen-bond acceptors (Lipinski definition) is 2. The lowest BCUT2D eigenvalue weighted by molar-refractivity contribution is 0.0695. The van der Waals surface area contributed by atoms with E-state index in [-0.39, 0.29) is 11.5 Å². The molecule has 0 heterocycles. The Bertz CT molecular complexity index is 688. The number of aromatic carboxylic acids is 1. The van der Waals surface area contributed by atoms with Gasteiger partial charge < -0.3 is 10.4 Å². The molecule has 0 saturated carbocycles. The molecule has 0 fully saturated rings. The van der Waals surface area contributed by atoms with Gasteiger partial charge in [-0.2, -0.15) is 0 Å². The summed E-state index contributed by atoms with van der Waals surface area (Å²) in [5.74, 6) is -1.42. The highest BCUT2D eigenvalue weighted by Gasteiger charge is 2.13. The monoisotopic (exact) mass is 401 g/mol. The van der Waals surface area contributed by atoms with Crippen LogP contribution in [0.25, 0.3) is 0 Å². The van der Waals surface area contributed by atoms with Crippen molar-refractivity contribution in [2.75, 3.05) is 5.32 Å². The van der Waals surface area contributed by atoms with E-state index < -0.39 is 5.97 Å². The quantitative estimate of drug-likeness (QED) is 0.767. The van der Waals surface area contributed by atoms with Crippen molar-refractivity contribution in [2.45, 2.75) is 0 Å². The summed E-state index contributed by atoms with van der Waals surface area (Å²) in [6.07, 6.45) is 0. The van der Waals surface area contributed by atoms with Crippen molar-refractivity contribution in [2.24, 2.45) is 0 Å². The molecule has 0 aliphatic heterocycles. The zero-order chi connectivity index (χ0) is 14.7. The van der Waals surface area contributed by atoms with Crippen LogP contribution in [0.15, 0.2) is 42.5 Å². The van der Waals surface area contributed by atoms with Crippen LogP contribution in [-0.2, 0) is 0 Å². The van der Waals surface area contributed by atoms with Gasteiger partial charge in [-0.25, -0.2) is 4.79 Å². The number of carbonyl (C=O) groups excluding carboxylic acids is 1. The minimum atomic E-state index is -1.04. The standard InChI is InChI=1S/C14H9ClINO3/c15-11-4-2-1-3-9(11)13(18)17-8-5-6-12(16)10(7-8)14(19)20/h1-7H,(H,17,18)(H,19,20). The predicted octanol–water partition coefficient (Wildman–Crippen LogP) is 3.90. The van der Waals surface area contributed by atoms with Crippen LogP contribution < -0.4 is 5.32 Å². The van der Waals surface area contributed by atoms with Crippen molar-refractivity contribution < 1.29 is 14.7 Å². The third kappa shape index (κ3) is 3.29. The molecule has 0 radical (unpaired) electrons. The molecule has 4 nitrogen and oxygen atoms in total. The summed E-state index contributed by atoms with van der Waals surface area (Å²) in [5, 5.41) is 12.0. The van der Waals surface area contributed by atoms with Crippen LogP contribution in [-0.4, -0.2) is 17.0 Å². The first-order chi connectivity index (χ1) is 9.49. The first-order valence-corrected chi connectivity index (χ1v) is 7.03. The van der Waals surface area contributed by atoms with Gasteiger partial charge in [0.05, 0.1) is 16.1 Å². The third-order valence-electron chi connectivity index (χ3n) is 2.57. The predicted molar refractivity (Wildman–Crippen MR) is 85.5 cm³/mol. The van der Waals surface area contributed by atoms with Crippen LogP contribution in [0.1, 0.15) is 20.7 Å². The van der Waals surface area contributed by atoms with Crippen molar-refractivity contribution in [1.82, 2.24) is 0 Å². The van der Waals surface area contributed by atoms with E-state index in [9.17, 15) is 9.59 Å². The zero-order valence-electron chi connectivity index (χ0n) is 10.1. The summed E-state index contributed by atoms with van der Waals surface area (Å²) in [7, 11) is 0. The molecule has 2 rings (SSSR count). The molecule has 0 unspecified atom stereocenters. The number of nitrogens with one attached hydrogen (secondary N) is 1. The lowest BCUT2D eigenvalue weighted by atomic mass is 10.1. The SMILES string of the molecule is O=C(Nc1ccc(I)c(C(=O)O)c1)c1ccccc1Cl. The van der Waals surface area contributed by atoms with Crippen LogP contribution in [0, 0.1) is 3.57 Å². The maximum atomic E-state index is 12.1. The molecule has 1 amide bonds. The van der Waals surface area contributed by atoms with Gasteiger partial charge >= 0.3 is 5.97 Å². The second-order valence-corrected chi connectivity index (χ2v) is 5.50. The summed E-state index contributed by atoms with van der Waals surface area (Å²) in [4.78, 5) is 23.1. The van der Waals surface area contributed by atoms with Crippen molar-refractivity contribution >= 4 is 51.8 Å². The van der Waals surface area contributed by atoms with Crippen LogP contribution in [0.3, 0.4) is 0 Å². The van der Waals surface area contributed by atoms with Crippen LogP contribution in [0.5, 0.6) is 0 Å². The Morgan fingerprint density at radius 2 is 1.80 bits per heavy atom. The summed E-state index contributed by atoms with van der Waals surface area (Å²) in [5.41, 5.74) is 0.889. The minimum Gasteiger partial charge on any atom is -0.478 e. The molecule has 0 aliphatic carbocycles. The van der Waals surface area contributed by atoms with Crippen molar-refractivity contribution in [3.8, 4) is 0 Å². The molecule has 6 heteroatoms. The second kappa shape index (κ2) is 6.23. The van der Waals surface area contributed by atoms with Gasteiger partial charge in [-0.15, -0.1) is 0 Å². The number of carboxylic acid groups (broad SMARTS) is 1. The van der Waals surface area contributed by atoms with E-state index in [2.05, 4.69) is 5.32 Å². The van der Waals surface area contributed by atoms with E-state index in [1.165, 1.54) is 6.07 Å². The number of rotatable bonds is 3.